The zero-order valence-corrected chi connectivity index (χ0v) is 10.9. The van der Waals surface area contributed by atoms with E-state index in [4.69, 9.17) is 11.6 Å². The molecule has 2 nitrogen and oxygen atoms in total. The lowest BCUT2D eigenvalue weighted by molar-refractivity contribution is 0.265. The molecule has 0 heterocycles. The SMILES string of the molecule is CN(C(=O)Cl)c1ccc(C2CCCCC2)cc1. The van der Waals surface area contributed by atoms with E-state index in [-0.39, 0.29) is 0 Å². The molecule has 1 aromatic carbocycles. The molecule has 1 aliphatic rings. The van der Waals surface area contributed by atoms with E-state index in [1.54, 1.807) is 7.05 Å². The molecule has 1 aliphatic carbocycles. The summed E-state index contributed by atoms with van der Waals surface area (Å²) in [5.41, 5.74) is 2.24. The van der Waals surface area contributed by atoms with Crippen LogP contribution in [0.4, 0.5) is 10.5 Å². The summed E-state index contributed by atoms with van der Waals surface area (Å²) >= 11 is 5.44. The summed E-state index contributed by atoms with van der Waals surface area (Å²) < 4.78 is 0. The molecule has 0 spiro atoms. The second-order valence-electron chi connectivity index (χ2n) is 4.74. The van der Waals surface area contributed by atoms with Crippen molar-refractivity contribution in [1.29, 1.82) is 0 Å². The zero-order valence-electron chi connectivity index (χ0n) is 10.2. The Hall–Kier alpha value is -1.02. The lowest BCUT2D eigenvalue weighted by atomic mass is 9.84. The summed E-state index contributed by atoms with van der Waals surface area (Å²) in [7, 11) is 1.69. The number of hydrogen-bond donors (Lipinski definition) is 0. The van der Waals surface area contributed by atoms with Crippen LogP contribution in [0.15, 0.2) is 24.3 Å². The molecule has 17 heavy (non-hydrogen) atoms. The Kier molecular flexibility index (Phi) is 4.06. The molecule has 0 atom stereocenters. The maximum Gasteiger partial charge on any atom is 0.320 e. The number of carbonyl (C=O) groups excluding carboxylic acids is 1. The molecule has 1 aromatic rings. The van der Waals surface area contributed by atoms with Crippen LogP contribution in [0.3, 0.4) is 0 Å². The Balaban J connectivity index is 2.09. The average Bonchev–Trinajstić information content (AvgIpc) is 2.39. The van der Waals surface area contributed by atoms with Crippen LogP contribution in [0.2, 0.25) is 0 Å². The van der Waals surface area contributed by atoms with E-state index >= 15 is 0 Å². The van der Waals surface area contributed by atoms with Gasteiger partial charge in [0.15, 0.2) is 0 Å². The molecule has 3 heteroatoms. The Bertz CT molecular complexity index is 382. The van der Waals surface area contributed by atoms with Gasteiger partial charge in [0, 0.05) is 12.7 Å². The minimum absolute atomic E-state index is 0.449. The summed E-state index contributed by atoms with van der Waals surface area (Å²) in [4.78, 5) is 12.5. The van der Waals surface area contributed by atoms with Gasteiger partial charge in [0.1, 0.15) is 0 Å². The first-order chi connectivity index (χ1) is 8.18. The van der Waals surface area contributed by atoms with E-state index in [0.29, 0.717) is 5.92 Å². The highest BCUT2D eigenvalue weighted by Crippen LogP contribution is 2.33. The fourth-order valence-electron chi connectivity index (χ4n) is 2.51. The molecule has 0 unspecified atom stereocenters. The van der Waals surface area contributed by atoms with Gasteiger partial charge in [-0.05, 0) is 48.1 Å². The third-order valence-electron chi connectivity index (χ3n) is 3.62. The van der Waals surface area contributed by atoms with Gasteiger partial charge in [0.2, 0.25) is 0 Å². The van der Waals surface area contributed by atoms with Crippen molar-refractivity contribution in [2.45, 2.75) is 38.0 Å². The Morgan fingerprint density at radius 3 is 2.29 bits per heavy atom. The number of anilines is 1. The standard InChI is InChI=1S/C14H18ClNO/c1-16(14(15)17)13-9-7-12(8-10-13)11-5-3-2-4-6-11/h7-11H,2-6H2,1H3. The van der Waals surface area contributed by atoms with E-state index in [2.05, 4.69) is 12.1 Å². The van der Waals surface area contributed by atoms with Gasteiger partial charge in [-0.3, -0.25) is 4.79 Å². The van der Waals surface area contributed by atoms with E-state index < -0.39 is 5.37 Å². The summed E-state index contributed by atoms with van der Waals surface area (Å²) in [6, 6.07) is 8.21. The minimum atomic E-state index is -0.449. The molecule has 2 rings (SSSR count). The van der Waals surface area contributed by atoms with Crippen LogP contribution in [0.1, 0.15) is 43.6 Å². The van der Waals surface area contributed by atoms with Crippen LogP contribution >= 0.6 is 11.6 Å². The van der Waals surface area contributed by atoms with Gasteiger partial charge in [-0.15, -0.1) is 0 Å². The predicted molar refractivity (Wildman–Crippen MR) is 71.9 cm³/mol. The molecule has 0 bridgehead atoms. The van der Waals surface area contributed by atoms with Crippen molar-refractivity contribution in [1.82, 2.24) is 0 Å². The van der Waals surface area contributed by atoms with E-state index in [9.17, 15) is 4.79 Å². The number of benzene rings is 1. The molecule has 0 saturated heterocycles. The van der Waals surface area contributed by atoms with E-state index in [1.165, 1.54) is 42.6 Å². The van der Waals surface area contributed by atoms with Gasteiger partial charge in [-0.1, -0.05) is 31.4 Å². The van der Waals surface area contributed by atoms with Crippen molar-refractivity contribution in [2.75, 3.05) is 11.9 Å². The third-order valence-corrected chi connectivity index (χ3v) is 3.87. The first kappa shape index (κ1) is 12.4. The summed E-state index contributed by atoms with van der Waals surface area (Å²) in [5, 5.41) is -0.449. The van der Waals surface area contributed by atoms with E-state index in [0.717, 1.165) is 5.69 Å². The molecule has 1 saturated carbocycles. The van der Waals surface area contributed by atoms with Gasteiger partial charge < -0.3 is 4.90 Å². The fourth-order valence-corrected chi connectivity index (χ4v) is 2.61. The lowest BCUT2D eigenvalue weighted by Gasteiger charge is -2.22. The largest absolute Gasteiger partial charge is 0.320 e. The molecule has 1 fully saturated rings. The maximum atomic E-state index is 11.0. The van der Waals surface area contributed by atoms with Crippen LogP contribution in [-0.2, 0) is 0 Å². The summed E-state index contributed by atoms with van der Waals surface area (Å²) in [6.45, 7) is 0. The molecule has 0 N–H and O–H groups in total. The topological polar surface area (TPSA) is 20.3 Å². The number of nitrogens with zero attached hydrogens (tertiary/aromatic N) is 1. The van der Waals surface area contributed by atoms with Crippen molar-refractivity contribution in [3.63, 3.8) is 0 Å². The summed E-state index contributed by atoms with van der Waals surface area (Å²) in [6.07, 6.45) is 6.64. The highest BCUT2D eigenvalue weighted by molar-refractivity contribution is 6.66. The second-order valence-corrected chi connectivity index (χ2v) is 5.06. The number of hydrogen-bond acceptors (Lipinski definition) is 1. The van der Waals surface area contributed by atoms with Gasteiger partial charge >= 0.3 is 5.37 Å². The smallest absolute Gasteiger partial charge is 0.302 e. The van der Waals surface area contributed by atoms with Crippen molar-refractivity contribution in [3.05, 3.63) is 29.8 Å². The lowest BCUT2D eigenvalue weighted by Crippen LogP contribution is -2.19. The Morgan fingerprint density at radius 2 is 1.76 bits per heavy atom. The highest BCUT2D eigenvalue weighted by Gasteiger charge is 2.15. The monoisotopic (exact) mass is 251 g/mol. The molecule has 1 amide bonds. The van der Waals surface area contributed by atoms with Gasteiger partial charge in [-0.2, -0.15) is 0 Å². The molecule has 92 valence electrons. The van der Waals surface area contributed by atoms with Gasteiger partial charge in [0.05, 0.1) is 0 Å². The highest BCUT2D eigenvalue weighted by atomic mass is 35.5. The average molecular weight is 252 g/mol. The quantitative estimate of drug-likeness (QED) is 0.559. The van der Waals surface area contributed by atoms with Crippen molar-refractivity contribution < 1.29 is 4.79 Å². The minimum Gasteiger partial charge on any atom is -0.302 e. The maximum absolute atomic E-state index is 11.0. The normalized spacial score (nSPS) is 16.8. The van der Waals surface area contributed by atoms with Crippen LogP contribution in [0.25, 0.3) is 0 Å². The molecular formula is C14H18ClNO. The number of amides is 1. The Morgan fingerprint density at radius 1 is 1.18 bits per heavy atom. The van der Waals surface area contributed by atoms with E-state index in [1.807, 2.05) is 12.1 Å². The van der Waals surface area contributed by atoms with Crippen LogP contribution in [-0.4, -0.2) is 12.4 Å². The third kappa shape index (κ3) is 3.01. The fraction of sp³-hybridized carbons (Fsp3) is 0.500. The number of rotatable bonds is 2. The summed E-state index contributed by atoms with van der Waals surface area (Å²) in [5.74, 6) is 0.704. The molecular weight excluding hydrogens is 234 g/mol. The molecule has 0 aliphatic heterocycles. The zero-order chi connectivity index (χ0) is 12.3. The Labute approximate surface area is 108 Å². The number of halogens is 1. The van der Waals surface area contributed by atoms with Gasteiger partial charge in [0.25, 0.3) is 0 Å². The van der Waals surface area contributed by atoms with Crippen molar-refractivity contribution >= 4 is 22.7 Å². The molecule has 0 radical (unpaired) electrons. The van der Waals surface area contributed by atoms with Crippen LogP contribution in [0.5, 0.6) is 0 Å². The second kappa shape index (κ2) is 5.54. The van der Waals surface area contributed by atoms with Crippen molar-refractivity contribution in [2.24, 2.45) is 0 Å². The number of carbonyl (C=O) groups is 1. The van der Waals surface area contributed by atoms with Crippen molar-refractivity contribution in [3.8, 4) is 0 Å². The van der Waals surface area contributed by atoms with Crippen LogP contribution < -0.4 is 4.90 Å². The predicted octanol–water partition coefficient (Wildman–Crippen LogP) is 4.53. The van der Waals surface area contributed by atoms with Crippen LogP contribution in [0, 0.1) is 0 Å². The first-order valence-corrected chi connectivity index (χ1v) is 6.59. The van der Waals surface area contributed by atoms with Gasteiger partial charge in [-0.25, -0.2) is 0 Å². The first-order valence-electron chi connectivity index (χ1n) is 6.21. The molecule has 0 aromatic heterocycles.